The van der Waals surface area contributed by atoms with Gasteiger partial charge in [0.1, 0.15) is 5.82 Å². The van der Waals surface area contributed by atoms with Crippen LogP contribution in [0.5, 0.6) is 0 Å². The summed E-state index contributed by atoms with van der Waals surface area (Å²) in [5, 5.41) is 3.05. The summed E-state index contributed by atoms with van der Waals surface area (Å²) in [4.78, 5) is 16.3. The van der Waals surface area contributed by atoms with Crippen molar-refractivity contribution < 1.29 is 13.9 Å². The van der Waals surface area contributed by atoms with Crippen LogP contribution in [-0.2, 0) is 15.1 Å². The first kappa shape index (κ1) is 14.0. The molecule has 0 aliphatic carbocycles. The van der Waals surface area contributed by atoms with E-state index in [2.05, 4.69) is 10.3 Å². The van der Waals surface area contributed by atoms with Crippen molar-refractivity contribution in [2.24, 2.45) is 0 Å². The van der Waals surface area contributed by atoms with Crippen LogP contribution in [0, 0.1) is 5.82 Å². The maximum absolute atomic E-state index is 12.9. The van der Waals surface area contributed by atoms with E-state index in [0.717, 1.165) is 0 Å². The minimum Gasteiger partial charge on any atom is -0.467 e. The highest BCUT2D eigenvalue weighted by atomic mass is 19.1. The van der Waals surface area contributed by atoms with E-state index in [1.54, 1.807) is 43.5 Å². The van der Waals surface area contributed by atoms with Crippen molar-refractivity contribution in [3.63, 3.8) is 0 Å². The Balaban J connectivity index is 2.38. The Morgan fingerprint density at radius 3 is 2.50 bits per heavy atom. The van der Waals surface area contributed by atoms with Crippen molar-refractivity contribution in [1.29, 1.82) is 0 Å². The zero-order valence-electron chi connectivity index (χ0n) is 11.3. The van der Waals surface area contributed by atoms with Crippen molar-refractivity contribution in [3.05, 3.63) is 60.2 Å². The van der Waals surface area contributed by atoms with E-state index in [0.29, 0.717) is 11.4 Å². The van der Waals surface area contributed by atoms with Gasteiger partial charge in [0, 0.05) is 11.9 Å². The first-order valence-electron chi connectivity index (χ1n) is 6.10. The first-order valence-corrected chi connectivity index (χ1v) is 6.10. The number of halogens is 1. The highest BCUT2D eigenvalue weighted by Crippen LogP contribution is 2.26. The Bertz CT molecular complexity index is 587. The number of benzene rings is 1. The average molecular weight is 274 g/mol. The number of rotatable bonds is 4. The largest absolute Gasteiger partial charge is 0.467 e. The Kier molecular flexibility index (Phi) is 3.98. The molecule has 2 aromatic rings. The molecule has 0 radical (unpaired) electrons. The smallest absolute Gasteiger partial charge is 0.337 e. The van der Waals surface area contributed by atoms with Gasteiger partial charge in [0.15, 0.2) is 5.54 Å². The first-order chi connectivity index (χ1) is 9.56. The molecule has 0 amide bonds. The highest BCUT2D eigenvalue weighted by molar-refractivity contribution is 5.85. The molecule has 4 nitrogen and oxygen atoms in total. The van der Waals surface area contributed by atoms with Gasteiger partial charge in [-0.2, -0.15) is 0 Å². The zero-order valence-corrected chi connectivity index (χ0v) is 11.3. The van der Waals surface area contributed by atoms with Crippen LogP contribution in [-0.4, -0.2) is 18.1 Å². The molecule has 1 N–H and O–H groups in total. The van der Waals surface area contributed by atoms with Crippen molar-refractivity contribution >= 4 is 11.7 Å². The lowest BCUT2D eigenvalue weighted by Crippen LogP contribution is -2.42. The van der Waals surface area contributed by atoms with Crippen molar-refractivity contribution in [1.82, 2.24) is 4.98 Å². The van der Waals surface area contributed by atoms with E-state index in [-0.39, 0.29) is 5.82 Å². The lowest BCUT2D eigenvalue weighted by molar-refractivity contribution is -0.145. The molecule has 0 aliphatic heterocycles. The minimum absolute atomic E-state index is 0.340. The maximum Gasteiger partial charge on any atom is 0.337 e. The lowest BCUT2D eigenvalue weighted by atomic mass is 9.96. The van der Waals surface area contributed by atoms with Gasteiger partial charge in [0.05, 0.1) is 12.8 Å². The van der Waals surface area contributed by atoms with Gasteiger partial charge in [-0.3, -0.25) is 4.98 Å². The Morgan fingerprint density at radius 1 is 1.25 bits per heavy atom. The third kappa shape index (κ3) is 2.77. The molecule has 1 aromatic carbocycles. The number of methoxy groups -OCH3 is 1. The van der Waals surface area contributed by atoms with Crippen LogP contribution in [0.2, 0.25) is 0 Å². The summed E-state index contributed by atoms with van der Waals surface area (Å²) < 4.78 is 17.8. The van der Waals surface area contributed by atoms with Gasteiger partial charge in [-0.1, -0.05) is 6.07 Å². The second-order valence-electron chi connectivity index (χ2n) is 4.46. The topological polar surface area (TPSA) is 51.2 Å². The number of pyridine rings is 1. The number of hydrogen-bond acceptors (Lipinski definition) is 4. The molecule has 0 aliphatic rings. The Morgan fingerprint density at radius 2 is 1.95 bits per heavy atom. The molecular formula is C15H15FN2O2. The molecule has 5 heteroatoms. The van der Waals surface area contributed by atoms with Crippen LogP contribution in [0.1, 0.15) is 12.6 Å². The van der Waals surface area contributed by atoms with Gasteiger partial charge in [-0.25, -0.2) is 9.18 Å². The second-order valence-corrected chi connectivity index (χ2v) is 4.46. The molecule has 104 valence electrons. The van der Waals surface area contributed by atoms with E-state index in [1.165, 1.54) is 19.2 Å². The molecule has 20 heavy (non-hydrogen) atoms. The number of carbonyl (C=O) groups is 1. The van der Waals surface area contributed by atoms with E-state index >= 15 is 0 Å². The zero-order chi connectivity index (χ0) is 14.6. The van der Waals surface area contributed by atoms with Gasteiger partial charge in [-0.15, -0.1) is 0 Å². The predicted molar refractivity (Wildman–Crippen MR) is 73.6 cm³/mol. The fourth-order valence-electron chi connectivity index (χ4n) is 1.90. The molecule has 0 fully saturated rings. The van der Waals surface area contributed by atoms with E-state index in [4.69, 9.17) is 4.74 Å². The number of anilines is 1. The van der Waals surface area contributed by atoms with Crippen molar-refractivity contribution in [3.8, 4) is 0 Å². The fourth-order valence-corrected chi connectivity index (χ4v) is 1.90. The fraction of sp³-hybridized carbons (Fsp3) is 0.200. The van der Waals surface area contributed by atoms with Gasteiger partial charge in [0.25, 0.3) is 0 Å². The molecule has 1 heterocycles. The van der Waals surface area contributed by atoms with Crippen LogP contribution >= 0.6 is 0 Å². The lowest BCUT2D eigenvalue weighted by Gasteiger charge is -2.28. The molecule has 1 unspecified atom stereocenters. The molecule has 0 bridgehead atoms. The number of carbonyl (C=O) groups excluding carboxylic acids is 1. The monoisotopic (exact) mass is 274 g/mol. The molecular weight excluding hydrogens is 259 g/mol. The molecule has 1 aromatic heterocycles. The van der Waals surface area contributed by atoms with Crippen molar-refractivity contribution in [2.45, 2.75) is 12.5 Å². The van der Waals surface area contributed by atoms with Crippen LogP contribution in [0.25, 0.3) is 0 Å². The van der Waals surface area contributed by atoms with Gasteiger partial charge < -0.3 is 10.1 Å². The maximum atomic E-state index is 12.9. The Hall–Kier alpha value is -2.43. The summed E-state index contributed by atoms with van der Waals surface area (Å²) in [6.45, 7) is 1.67. The molecule has 0 spiro atoms. The second kappa shape index (κ2) is 5.69. The number of nitrogens with one attached hydrogen (secondary N) is 1. The van der Waals surface area contributed by atoms with E-state index in [9.17, 15) is 9.18 Å². The third-order valence-corrected chi connectivity index (χ3v) is 3.01. The van der Waals surface area contributed by atoms with Crippen LogP contribution in [0.4, 0.5) is 10.1 Å². The van der Waals surface area contributed by atoms with Gasteiger partial charge in [-0.05, 0) is 43.3 Å². The normalized spacial score (nSPS) is 13.3. The number of aromatic nitrogens is 1. The minimum atomic E-state index is -1.15. The molecule has 2 rings (SSSR count). The molecule has 0 saturated heterocycles. The third-order valence-electron chi connectivity index (χ3n) is 3.01. The quantitative estimate of drug-likeness (QED) is 0.871. The summed E-state index contributed by atoms with van der Waals surface area (Å²) in [6.07, 6.45) is 1.60. The summed E-state index contributed by atoms with van der Waals surface area (Å²) in [7, 11) is 1.32. The summed E-state index contributed by atoms with van der Waals surface area (Å²) in [6, 6.07) is 11.0. The van der Waals surface area contributed by atoms with Crippen molar-refractivity contribution in [2.75, 3.05) is 12.4 Å². The highest BCUT2D eigenvalue weighted by Gasteiger charge is 2.37. The van der Waals surface area contributed by atoms with Gasteiger partial charge in [0.2, 0.25) is 0 Å². The van der Waals surface area contributed by atoms with Crippen LogP contribution < -0.4 is 5.32 Å². The van der Waals surface area contributed by atoms with Gasteiger partial charge >= 0.3 is 5.97 Å². The molecule has 1 atom stereocenters. The van der Waals surface area contributed by atoms with Crippen LogP contribution in [0.3, 0.4) is 0 Å². The number of hydrogen-bond donors (Lipinski definition) is 1. The molecule has 0 saturated carbocycles. The SMILES string of the molecule is COC(=O)C(C)(Nc1ccc(F)cc1)c1ccccn1. The standard InChI is InChI=1S/C15H15FN2O2/c1-15(14(19)20-2,13-5-3-4-10-17-13)18-12-8-6-11(16)7-9-12/h3-10,18H,1-2H3. The summed E-state index contributed by atoms with van der Waals surface area (Å²) in [5.41, 5.74) is -0.0190. The summed E-state index contributed by atoms with van der Waals surface area (Å²) in [5.74, 6) is -0.811. The average Bonchev–Trinajstić information content (AvgIpc) is 2.49. The van der Waals surface area contributed by atoms with E-state index in [1.807, 2.05) is 0 Å². The Labute approximate surface area is 116 Å². The predicted octanol–water partition coefficient (Wildman–Crippen LogP) is 2.72. The number of nitrogens with zero attached hydrogens (tertiary/aromatic N) is 1. The number of ether oxygens (including phenoxy) is 1. The summed E-state index contributed by atoms with van der Waals surface area (Å²) >= 11 is 0. The van der Waals surface area contributed by atoms with Crippen LogP contribution in [0.15, 0.2) is 48.7 Å². The number of esters is 1. The van der Waals surface area contributed by atoms with E-state index < -0.39 is 11.5 Å².